The molecule has 0 aromatic heterocycles. The topological polar surface area (TPSA) is 71.4 Å². The maximum absolute atomic E-state index is 12.2. The average molecular weight is 341 g/mol. The number of benzene rings is 2. The van der Waals surface area contributed by atoms with Crippen LogP contribution in [0.15, 0.2) is 48.0 Å². The molecule has 0 aliphatic carbocycles. The van der Waals surface area contributed by atoms with Crippen molar-refractivity contribution in [1.82, 2.24) is 5.32 Å². The summed E-state index contributed by atoms with van der Waals surface area (Å²) >= 11 is 5.82. The number of carbonyl (C=O) groups excluding carboxylic acids is 1. The van der Waals surface area contributed by atoms with Crippen molar-refractivity contribution in [2.75, 3.05) is 6.79 Å². The van der Waals surface area contributed by atoms with Gasteiger partial charge >= 0.3 is 0 Å². The molecule has 1 aliphatic rings. The Morgan fingerprint density at radius 2 is 1.96 bits per heavy atom. The van der Waals surface area contributed by atoms with Crippen LogP contribution in [0.3, 0.4) is 0 Å². The van der Waals surface area contributed by atoms with Crippen LogP contribution in [0.5, 0.6) is 11.5 Å². The maximum Gasteiger partial charge on any atom is 0.262 e. The van der Waals surface area contributed by atoms with E-state index in [0.717, 1.165) is 11.1 Å². The van der Waals surface area contributed by atoms with Crippen molar-refractivity contribution in [2.45, 2.75) is 6.54 Å². The van der Waals surface area contributed by atoms with Gasteiger partial charge in [-0.3, -0.25) is 4.79 Å². The van der Waals surface area contributed by atoms with E-state index in [4.69, 9.17) is 21.1 Å². The fourth-order valence-electron chi connectivity index (χ4n) is 2.20. The lowest BCUT2D eigenvalue weighted by atomic mass is 10.1. The van der Waals surface area contributed by atoms with Gasteiger partial charge in [0.25, 0.3) is 5.91 Å². The first-order valence-corrected chi connectivity index (χ1v) is 7.57. The molecule has 0 saturated heterocycles. The molecule has 0 saturated carbocycles. The summed E-state index contributed by atoms with van der Waals surface area (Å²) in [5, 5.41) is 12.5. The number of hydrogen-bond donors (Lipinski definition) is 1. The number of carbonyl (C=O) groups is 1. The summed E-state index contributed by atoms with van der Waals surface area (Å²) in [5.74, 6) is 0.898. The Bertz CT molecular complexity index is 838. The third kappa shape index (κ3) is 3.67. The minimum atomic E-state index is -0.440. The molecule has 1 aliphatic heterocycles. The first-order chi connectivity index (χ1) is 11.7. The van der Waals surface area contributed by atoms with Crippen molar-refractivity contribution in [3.05, 3.63) is 64.2 Å². The smallest absolute Gasteiger partial charge is 0.262 e. The van der Waals surface area contributed by atoms with Gasteiger partial charge in [0.2, 0.25) is 6.79 Å². The lowest BCUT2D eigenvalue weighted by Crippen LogP contribution is -2.23. The summed E-state index contributed by atoms with van der Waals surface area (Å²) in [5.41, 5.74) is 1.61. The summed E-state index contributed by atoms with van der Waals surface area (Å²) in [6.07, 6.45) is 1.52. The van der Waals surface area contributed by atoms with E-state index in [1.165, 1.54) is 6.08 Å². The molecule has 5 nitrogen and oxygen atoms in total. The maximum atomic E-state index is 12.2. The van der Waals surface area contributed by atoms with E-state index in [-0.39, 0.29) is 18.9 Å². The molecule has 24 heavy (non-hydrogen) atoms. The highest BCUT2D eigenvalue weighted by Crippen LogP contribution is 2.32. The minimum Gasteiger partial charge on any atom is -0.454 e. The standard InChI is InChI=1S/C18H13ClN2O3/c19-15-4-1-12(2-5-15)7-14(9-20)18(22)21-10-13-3-6-16-17(8-13)24-11-23-16/h1-8H,10-11H2,(H,21,22)/b14-7+. The largest absolute Gasteiger partial charge is 0.454 e. The van der Waals surface area contributed by atoms with E-state index < -0.39 is 5.91 Å². The molecule has 0 unspecified atom stereocenters. The van der Waals surface area contributed by atoms with Gasteiger partial charge in [0.15, 0.2) is 11.5 Å². The zero-order valence-corrected chi connectivity index (χ0v) is 13.3. The quantitative estimate of drug-likeness (QED) is 0.684. The van der Waals surface area contributed by atoms with Gasteiger partial charge in [0, 0.05) is 11.6 Å². The second-order valence-electron chi connectivity index (χ2n) is 5.09. The summed E-state index contributed by atoms with van der Waals surface area (Å²) in [6.45, 7) is 0.489. The number of amides is 1. The van der Waals surface area contributed by atoms with Gasteiger partial charge in [0.05, 0.1) is 0 Å². The highest BCUT2D eigenvalue weighted by molar-refractivity contribution is 6.30. The molecular weight excluding hydrogens is 328 g/mol. The fraction of sp³-hybridized carbons (Fsp3) is 0.111. The number of hydrogen-bond acceptors (Lipinski definition) is 4. The first kappa shape index (κ1) is 15.9. The van der Waals surface area contributed by atoms with Gasteiger partial charge in [-0.05, 0) is 41.5 Å². The van der Waals surface area contributed by atoms with Crippen LogP contribution in [0.4, 0.5) is 0 Å². The molecule has 2 aromatic rings. The highest BCUT2D eigenvalue weighted by atomic mass is 35.5. The average Bonchev–Trinajstić information content (AvgIpc) is 3.07. The Labute approximate surface area is 144 Å². The van der Waals surface area contributed by atoms with Crippen molar-refractivity contribution < 1.29 is 14.3 Å². The summed E-state index contributed by atoms with van der Waals surface area (Å²) in [7, 11) is 0. The molecule has 1 heterocycles. The van der Waals surface area contributed by atoms with Crippen LogP contribution in [0.2, 0.25) is 5.02 Å². The predicted molar refractivity (Wildman–Crippen MR) is 89.5 cm³/mol. The van der Waals surface area contributed by atoms with Gasteiger partial charge in [-0.25, -0.2) is 0 Å². The Morgan fingerprint density at radius 3 is 2.71 bits per heavy atom. The first-order valence-electron chi connectivity index (χ1n) is 7.20. The zero-order valence-electron chi connectivity index (χ0n) is 12.6. The van der Waals surface area contributed by atoms with E-state index in [0.29, 0.717) is 16.5 Å². The van der Waals surface area contributed by atoms with E-state index in [2.05, 4.69) is 5.32 Å². The molecule has 0 fully saturated rings. The minimum absolute atomic E-state index is 0.0260. The highest BCUT2D eigenvalue weighted by Gasteiger charge is 2.14. The number of rotatable bonds is 4. The second kappa shape index (κ2) is 7.07. The number of fused-ring (bicyclic) bond motifs is 1. The third-order valence-corrected chi connectivity index (χ3v) is 3.69. The van der Waals surface area contributed by atoms with Crippen molar-refractivity contribution >= 4 is 23.6 Å². The Balaban J connectivity index is 1.67. The molecular formula is C18H13ClN2O3. The van der Waals surface area contributed by atoms with Crippen LogP contribution < -0.4 is 14.8 Å². The van der Waals surface area contributed by atoms with Crippen LogP contribution in [0.25, 0.3) is 6.08 Å². The van der Waals surface area contributed by atoms with Crippen LogP contribution in [-0.4, -0.2) is 12.7 Å². The van der Waals surface area contributed by atoms with Gasteiger partial charge < -0.3 is 14.8 Å². The molecule has 0 bridgehead atoms. The van der Waals surface area contributed by atoms with Crippen LogP contribution >= 0.6 is 11.6 Å². The third-order valence-electron chi connectivity index (χ3n) is 3.44. The molecule has 1 N–H and O–H groups in total. The van der Waals surface area contributed by atoms with E-state index >= 15 is 0 Å². The number of nitrogens with zero attached hydrogens (tertiary/aromatic N) is 1. The number of halogens is 1. The molecule has 1 amide bonds. The molecule has 0 atom stereocenters. The Kier molecular flexibility index (Phi) is 4.69. The fourth-order valence-corrected chi connectivity index (χ4v) is 2.33. The SMILES string of the molecule is N#C/C(=C\c1ccc(Cl)cc1)C(=O)NCc1ccc2c(c1)OCO2. The molecule has 2 aromatic carbocycles. The molecule has 0 radical (unpaired) electrons. The number of nitrogens with one attached hydrogen (secondary N) is 1. The normalized spacial score (nSPS) is 12.6. The van der Waals surface area contributed by atoms with Crippen LogP contribution in [0, 0.1) is 11.3 Å². The van der Waals surface area contributed by atoms with E-state index in [1.807, 2.05) is 12.1 Å². The Hall–Kier alpha value is -2.97. The van der Waals surface area contributed by atoms with E-state index in [1.54, 1.807) is 36.4 Å². The summed E-state index contributed by atoms with van der Waals surface area (Å²) in [4.78, 5) is 12.2. The number of ether oxygens (including phenoxy) is 2. The van der Waals surface area contributed by atoms with Gasteiger partial charge in [-0.15, -0.1) is 0 Å². The van der Waals surface area contributed by atoms with Crippen molar-refractivity contribution in [2.24, 2.45) is 0 Å². The summed E-state index contributed by atoms with van der Waals surface area (Å²) in [6, 6.07) is 14.2. The molecule has 3 rings (SSSR count). The van der Waals surface area contributed by atoms with Crippen molar-refractivity contribution in [3.8, 4) is 17.6 Å². The van der Waals surface area contributed by atoms with Gasteiger partial charge in [0.1, 0.15) is 11.6 Å². The van der Waals surface area contributed by atoms with E-state index in [9.17, 15) is 10.1 Å². The summed E-state index contributed by atoms with van der Waals surface area (Å²) < 4.78 is 10.5. The molecule has 6 heteroatoms. The number of nitriles is 1. The van der Waals surface area contributed by atoms with Gasteiger partial charge in [-0.2, -0.15) is 5.26 Å². The predicted octanol–water partition coefficient (Wildman–Crippen LogP) is 3.29. The second-order valence-corrected chi connectivity index (χ2v) is 5.53. The molecule has 0 spiro atoms. The lowest BCUT2D eigenvalue weighted by Gasteiger charge is -2.06. The Morgan fingerprint density at radius 1 is 1.21 bits per heavy atom. The monoisotopic (exact) mass is 340 g/mol. The van der Waals surface area contributed by atoms with Crippen molar-refractivity contribution in [1.29, 1.82) is 5.26 Å². The lowest BCUT2D eigenvalue weighted by molar-refractivity contribution is -0.117. The van der Waals surface area contributed by atoms with Crippen LogP contribution in [0.1, 0.15) is 11.1 Å². The van der Waals surface area contributed by atoms with Crippen molar-refractivity contribution in [3.63, 3.8) is 0 Å². The van der Waals surface area contributed by atoms with Gasteiger partial charge in [-0.1, -0.05) is 29.8 Å². The zero-order chi connectivity index (χ0) is 16.9. The molecule has 120 valence electrons. The van der Waals surface area contributed by atoms with Crippen LogP contribution in [-0.2, 0) is 11.3 Å².